The lowest BCUT2D eigenvalue weighted by Crippen LogP contribution is -2.43. The molecule has 24 heavy (non-hydrogen) atoms. The van der Waals surface area contributed by atoms with E-state index in [-0.39, 0.29) is 23.2 Å². The van der Waals surface area contributed by atoms with E-state index in [0.29, 0.717) is 0 Å². The van der Waals surface area contributed by atoms with E-state index in [9.17, 15) is 14.4 Å². The number of nitrogens with zero attached hydrogens (tertiary/aromatic N) is 1. The van der Waals surface area contributed by atoms with Crippen molar-refractivity contribution in [3.8, 4) is 0 Å². The van der Waals surface area contributed by atoms with Crippen LogP contribution >= 0.6 is 11.3 Å². The zero-order valence-corrected chi connectivity index (χ0v) is 13.2. The molecule has 1 unspecified atom stereocenters. The molecule has 2 amide bonds. The molecule has 2 rings (SSSR count). The van der Waals surface area contributed by atoms with Crippen LogP contribution in [-0.2, 0) is 16.0 Å². The molecule has 0 aliphatic heterocycles. The summed E-state index contributed by atoms with van der Waals surface area (Å²) < 4.78 is 0. The molecule has 1 atom stereocenters. The van der Waals surface area contributed by atoms with Crippen molar-refractivity contribution < 1.29 is 24.6 Å². The average Bonchev–Trinajstić information content (AvgIpc) is 3.01. The normalized spacial score (nSPS) is 11.5. The highest BCUT2D eigenvalue weighted by molar-refractivity contribution is 7.14. The van der Waals surface area contributed by atoms with E-state index in [1.807, 2.05) is 30.3 Å². The summed E-state index contributed by atoms with van der Waals surface area (Å²) in [6.45, 7) is -0.730. The van der Waals surface area contributed by atoms with E-state index in [1.165, 1.54) is 5.38 Å². The first kappa shape index (κ1) is 17.6. The van der Waals surface area contributed by atoms with Crippen molar-refractivity contribution >= 4 is 34.3 Å². The highest BCUT2D eigenvalue weighted by Gasteiger charge is 2.21. The summed E-state index contributed by atoms with van der Waals surface area (Å²) in [5, 5.41) is 24.0. The largest absolute Gasteiger partial charge is 0.480 e. The van der Waals surface area contributed by atoms with Gasteiger partial charge >= 0.3 is 5.97 Å². The molecule has 0 fully saturated rings. The van der Waals surface area contributed by atoms with Gasteiger partial charge in [0.05, 0.1) is 13.0 Å². The molecule has 1 heterocycles. The highest BCUT2D eigenvalue weighted by atomic mass is 32.1. The van der Waals surface area contributed by atoms with Crippen LogP contribution in [0.5, 0.6) is 0 Å². The van der Waals surface area contributed by atoms with Gasteiger partial charge in [0, 0.05) is 5.38 Å². The summed E-state index contributed by atoms with van der Waals surface area (Å²) in [4.78, 5) is 38.5. The van der Waals surface area contributed by atoms with E-state index >= 15 is 0 Å². The molecule has 0 spiro atoms. The molecule has 0 saturated heterocycles. The van der Waals surface area contributed by atoms with Gasteiger partial charge in [0.25, 0.3) is 5.91 Å². The van der Waals surface area contributed by atoms with Gasteiger partial charge < -0.3 is 20.8 Å². The number of aliphatic carboxylic acids is 1. The average molecular weight is 349 g/mol. The van der Waals surface area contributed by atoms with Gasteiger partial charge in [0.2, 0.25) is 5.91 Å². The maximum absolute atomic E-state index is 11.9. The Bertz CT molecular complexity index is 732. The lowest BCUT2D eigenvalue weighted by Gasteiger charge is -2.09. The lowest BCUT2D eigenvalue weighted by molar-refractivity contribution is -0.140. The monoisotopic (exact) mass is 349 g/mol. The van der Waals surface area contributed by atoms with Crippen LogP contribution in [0.25, 0.3) is 0 Å². The van der Waals surface area contributed by atoms with Gasteiger partial charge in [-0.15, -0.1) is 11.3 Å². The van der Waals surface area contributed by atoms with Crippen molar-refractivity contribution in [3.63, 3.8) is 0 Å². The number of anilines is 1. The minimum Gasteiger partial charge on any atom is -0.480 e. The van der Waals surface area contributed by atoms with Crippen molar-refractivity contribution in [1.29, 1.82) is 0 Å². The predicted octanol–water partition coefficient (Wildman–Crippen LogP) is 0.500. The molecule has 0 radical (unpaired) electrons. The molecule has 8 nitrogen and oxygen atoms in total. The fourth-order valence-electron chi connectivity index (χ4n) is 1.80. The minimum absolute atomic E-state index is 0.0327. The molecular formula is C15H15N3O5S. The summed E-state index contributed by atoms with van der Waals surface area (Å²) in [6, 6.07) is 7.74. The maximum atomic E-state index is 11.9. The van der Waals surface area contributed by atoms with E-state index < -0.39 is 24.5 Å². The molecule has 9 heteroatoms. The zero-order valence-electron chi connectivity index (χ0n) is 12.4. The molecule has 0 bridgehead atoms. The number of nitrogens with one attached hydrogen (secondary N) is 2. The Hall–Kier alpha value is -2.78. The smallest absolute Gasteiger partial charge is 0.328 e. The first-order valence-electron chi connectivity index (χ1n) is 6.93. The van der Waals surface area contributed by atoms with Gasteiger partial charge in [0.15, 0.2) is 11.2 Å². The summed E-state index contributed by atoms with van der Waals surface area (Å²) >= 11 is 1.05. The van der Waals surface area contributed by atoms with E-state index in [4.69, 9.17) is 10.2 Å². The molecule has 1 aromatic carbocycles. The Morgan fingerprint density at radius 1 is 1.21 bits per heavy atom. The Labute approximate surface area is 141 Å². The molecule has 0 saturated carbocycles. The number of aliphatic hydroxyl groups is 1. The third-order valence-electron chi connectivity index (χ3n) is 2.98. The minimum atomic E-state index is -1.41. The summed E-state index contributed by atoms with van der Waals surface area (Å²) in [7, 11) is 0. The van der Waals surface area contributed by atoms with Gasteiger partial charge in [-0.1, -0.05) is 30.3 Å². The van der Waals surface area contributed by atoms with Crippen LogP contribution in [0.15, 0.2) is 35.7 Å². The molecule has 126 valence electrons. The number of carboxylic acid groups (broad SMARTS) is 1. The molecule has 4 N–H and O–H groups in total. The first-order chi connectivity index (χ1) is 11.5. The van der Waals surface area contributed by atoms with Gasteiger partial charge in [-0.25, -0.2) is 9.78 Å². The highest BCUT2D eigenvalue weighted by Crippen LogP contribution is 2.16. The Kier molecular flexibility index (Phi) is 5.99. The zero-order chi connectivity index (χ0) is 17.5. The summed E-state index contributed by atoms with van der Waals surface area (Å²) in [6.07, 6.45) is 0.174. The predicted molar refractivity (Wildman–Crippen MR) is 86.9 cm³/mol. The molecule has 0 aliphatic rings. The number of aliphatic hydroxyl groups excluding tert-OH is 1. The summed E-state index contributed by atoms with van der Waals surface area (Å²) in [5.74, 6) is -2.37. The molecule has 2 aromatic rings. The molecular weight excluding hydrogens is 334 g/mol. The molecule has 1 aromatic heterocycles. The second kappa shape index (κ2) is 8.18. The van der Waals surface area contributed by atoms with Crippen molar-refractivity contribution in [3.05, 3.63) is 47.0 Å². The first-order valence-corrected chi connectivity index (χ1v) is 7.81. The van der Waals surface area contributed by atoms with Crippen LogP contribution in [0, 0.1) is 0 Å². The van der Waals surface area contributed by atoms with Crippen LogP contribution in [0.4, 0.5) is 5.13 Å². The standard InChI is InChI=1S/C15H15N3O5S/c19-7-10(14(22)23)16-13(21)11-8-24-15(17-11)18-12(20)6-9-4-2-1-3-5-9/h1-5,8,10,19H,6-7H2,(H,16,21)(H,22,23)(H,17,18,20). The number of hydrogen-bond acceptors (Lipinski definition) is 6. The Balaban J connectivity index is 1.94. The second-order valence-corrected chi connectivity index (χ2v) is 5.65. The number of benzene rings is 1. The van der Waals surface area contributed by atoms with Gasteiger partial charge in [-0.05, 0) is 5.56 Å². The number of amides is 2. The van der Waals surface area contributed by atoms with Gasteiger partial charge in [-0.2, -0.15) is 0 Å². The number of hydrogen-bond donors (Lipinski definition) is 4. The van der Waals surface area contributed by atoms with Gasteiger partial charge in [-0.3, -0.25) is 9.59 Å². The SMILES string of the molecule is O=C(Cc1ccccc1)Nc1nc(C(=O)NC(CO)C(=O)O)cs1. The van der Waals surface area contributed by atoms with Crippen LogP contribution in [-0.4, -0.2) is 45.6 Å². The molecule has 0 aliphatic carbocycles. The third kappa shape index (κ3) is 4.86. The fraction of sp³-hybridized carbons (Fsp3) is 0.200. The number of carbonyl (C=O) groups excluding carboxylic acids is 2. The van der Waals surface area contributed by atoms with E-state index in [1.54, 1.807) is 0 Å². The fourth-order valence-corrected chi connectivity index (χ4v) is 2.50. The number of thiazole rings is 1. The second-order valence-electron chi connectivity index (χ2n) is 4.80. The van der Waals surface area contributed by atoms with Crippen molar-refractivity contribution in [2.45, 2.75) is 12.5 Å². The Morgan fingerprint density at radius 2 is 1.92 bits per heavy atom. The number of carbonyl (C=O) groups is 3. The van der Waals surface area contributed by atoms with Crippen LogP contribution < -0.4 is 10.6 Å². The third-order valence-corrected chi connectivity index (χ3v) is 3.73. The van der Waals surface area contributed by atoms with Crippen molar-refractivity contribution in [1.82, 2.24) is 10.3 Å². The Morgan fingerprint density at radius 3 is 2.54 bits per heavy atom. The quantitative estimate of drug-likeness (QED) is 0.576. The van der Waals surface area contributed by atoms with Crippen molar-refractivity contribution in [2.24, 2.45) is 0 Å². The number of aromatic nitrogens is 1. The van der Waals surface area contributed by atoms with Crippen LogP contribution in [0.2, 0.25) is 0 Å². The number of carboxylic acids is 1. The van der Waals surface area contributed by atoms with E-state index in [0.717, 1.165) is 16.9 Å². The van der Waals surface area contributed by atoms with Crippen LogP contribution in [0.3, 0.4) is 0 Å². The van der Waals surface area contributed by atoms with E-state index in [2.05, 4.69) is 15.6 Å². The maximum Gasteiger partial charge on any atom is 0.328 e. The van der Waals surface area contributed by atoms with Crippen molar-refractivity contribution in [2.75, 3.05) is 11.9 Å². The topological polar surface area (TPSA) is 129 Å². The van der Waals surface area contributed by atoms with Gasteiger partial charge in [0.1, 0.15) is 5.69 Å². The lowest BCUT2D eigenvalue weighted by atomic mass is 10.1. The number of rotatable bonds is 7. The van der Waals surface area contributed by atoms with Crippen LogP contribution in [0.1, 0.15) is 16.1 Å². The summed E-state index contributed by atoms with van der Waals surface area (Å²) in [5.41, 5.74) is 0.812.